The van der Waals surface area contributed by atoms with Crippen molar-refractivity contribution in [2.45, 2.75) is 39.2 Å². The van der Waals surface area contributed by atoms with Crippen LogP contribution in [-0.2, 0) is 18.4 Å². The van der Waals surface area contributed by atoms with Crippen molar-refractivity contribution in [3.63, 3.8) is 0 Å². The molecule has 102 valence electrons. The number of hydrogen-bond donors (Lipinski definition) is 0. The average Bonchev–Trinajstić information content (AvgIpc) is 2.85. The van der Waals surface area contributed by atoms with Crippen molar-refractivity contribution in [2.75, 3.05) is 7.11 Å². The van der Waals surface area contributed by atoms with Crippen LogP contribution in [0, 0.1) is 0 Å². The van der Waals surface area contributed by atoms with E-state index in [4.69, 9.17) is 4.74 Å². The highest BCUT2D eigenvalue weighted by atomic mass is 16.5. The first-order valence-electron chi connectivity index (χ1n) is 6.53. The molecule has 1 heterocycles. The highest BCUT2D eigenvalue weighted by Gasteiger charge is 2.17. The van der Waals surface area contributed by atoms with Crippen LogP contribution < -0.4 is 4.74 Å². The minimum absolute atomic E-state index is 0.0265. The highest BCUT2D eigenvalue weighted by Crippen LogP contribution is 2.17. The summed E-state index contributed by atoms with van der Waals surface area (Å²) < 4.78 is 7.29. The minimum atomic E-state index is 0.0265. The molecule has 0 fully saturated rings. The molecule has 2 aromatic rings. The predicted octanol–water partition coefficient (Wildman–Crippen LogP) is 2.83. The van der Waals surface area contributed by atoms with Gasteiger partial charge in [-0.05, 0) is 44.9 Å². The van der Waals surface area contributed by atoms with Gasteiger partial charge in [-0.25, -0.2) is 0 Å². The van der Waals surface area contributed by atoms with E-state index in [1.54, 1.807) is 7.11 Å². The average molecular weight is 259 g/mol. The lowest BCUT2D eigenvalue weighted by Crippen LogP contribution is -2.23. The van der Waals surface area contributed by atoms with Crippen molar-refractivity contribution in [1.29, 1.82) is 0 Å². The molecule has 0 unspecified atom stereocenters. The number of ether oxygens (including phenoxy) is 1. The fourth-order valence-corrected chi connectivity index (χ4v) is 2.04. The molecule has 0 aliphatic rings. The molecule has 0 N–H and O–H groups in total. The second-order valence-corrected chi connectivity index (χ2v) is 5.64. The van der Waals surface area contributed by atoms with Crippen LogP contribution in [-0.4, -0.2) is 21.9 Å². The van der Waals surface area contributed by atoms with Gasteiger partial charge in [0.05, 0.1) is 7.11 Å². The number of aromatic nitrogens is 3. The molecule has 0 saturated heterocycles. The largest absolute Gasteiger partial charge is 0.497 e. The topological polar surface area (TPSA) is 39.9 Å². The summed E-state index contributed by atoms with van der Waals surface area (Å²) in [6.45, 7) is 6.48. The van der Waals surface area contributed by atoms with Crippen LogP contribution in [0.1, 0.15) is 32.2 Å². The van der Waals surface area contributed by atoms with Crippen LogP contribution in [0.5, 0.6) is 5.75 Å². The monoisotopic (exact) mass is 259 g/mol. The highest BCUT2D eigenvalue weighted by molar-refractivity contribution is 5.27. The van der Waals surface area contributed by atoms with E-state index in [1.165, 1.54) is 5.56 Å². The summed E-state index contributed by atoms with van der Waals surface area (Å²) in [5, 5.41) is 8.24. The molecule has 0 aliphatic heterocycles. The Balaban J connectivity index is 2.04. The van der Waals surface area contributed by atoms with E-state index >= 15 is 0 Å². The zero-order chi connectivity index (χ0) is 13.9. The second kappa shape index (κ2) is 5.43. The van der Waals surface area contributed by atoms with Crippen molar-refractivity contribution >= 4 is 0 Å². The van der Waals surface area contributed by atoms with Gasteiger partial charge in [-0.1, -0.05) is 12.1 Å². The lowest BCUT2D eigenvalue weighted by Gasteiger charge is -2.22. The number of benzene rings is 1. The molecular formula is C15H21N3O. The third-order valence-electron chi connectivity index (χ3n) is 3.14. The Labute approximate surface area is 114 Å². The van der Waals surface area contributed by atoms with E-state index in [0.29, 0.717) is 0 Å². The van der Waals surface area contributed by atoms with Crippen LogP contribution in [0.15, 0.2) is 30.6 Å². The van der Waals surface area contributed by atoms with Crippen molar-refractivity contribution in [2.24, 2.45) is 0 Å². The Kier molecular flexibility index (Phi) is 3.88. The van der Waals surface area contributed by atoms with E-state index in [-0.39, 0.29) is 5.54 Å². The molecule has 4 nitrogen and oxygen atoms in total. The number of nitrogens with zero attached hydrogens (tertiary/aromatic N) is 3. The van der Waals surface area contributed by atoms with Gasteiger partial charge >= 0.3 is 0 Å². The van der Waals surface area contributed by atoms with Gasteiger partial charge in [0.2, 0.25) is 0 Å². The number of rotatable bonds is 4. The van der Waals surface area contributed by atoms with E-state index in [2.05, 4.69) is 47.7 Å². The van der Waals surface area contributed by atoms with E-state index < -0.39 is 0 Å². The minimum Gasteiger partial charge on any atom is -0.497 e. The quantitative estimate of drug-likeness (QED) is 0.847. The summed E-state index contributed by atoms with van der Waals surface area (Å²) in [6.07, 6.45) is 3.66. The predicted molar refractivity (Wildman–Crippen MR) is 75.4 cm³/mol. The number of aryl methyl sites for hydroxylation is 2. The first-order chi connectivity index (χ1) is 9.00. The van der Waals surface area contributed by atoms with Crippen molar-refractivity contribution in [3.05, 3.63) is 42.0 Å². The summed E-state index contributed by atoms with van der Waals surface area (Å²) in [4.78, 5) is 0. The van der Waals surface area contributed by atoms with Crippen LogP contribution >= 0.6 is 0 Å². The Hall–Kier alpha value is -1.84. The third-order valence-corrected chi connectivity index (χ3v) is 3.14. The lowest BCUT2D eigenvalue weighted by molar-refractivity contribution is 0.381. The molecule has 1 aromatic carbocycles. The maximum atomic E-state index is 5.16. The fraction of sp³-hybridized carbons (Fsp3) is 0.467. The van der Waals surface area contributed by atoms with Crippen LogP contribution in [0.2, 0.25) is 0 Å². The molecular weight excluding hydrogens is 238 g/mol. The van der Waals surface area contributed by atoms with Gasteiger partial charge in [0.25, 0.3) is 0 Å². The van der Waals surface area contributed by atoms with Gasteiger partial charge in [-0.15, -0.1) is 10.2 Å². The van der Waals surface area contributed by atoms with Gasteiger partial charge in [0.15, 0.2) is 0 Å². The molecule has 0 amide bonds. The van der Waals surface area contributed by atoms with Crippen molar-refractivity contribution < 1.29 is 4.74 Å². The van der Waals surface area contributed by atoms with Crippen LogP contribution in [0.25, 0.3) is 0 Å². The molecule has 0 bridgehead atoms. The Morgan fingerprint density at radius 2 is 1.79 bits per heavy atom. The SMILES string of the molecule is COc1ccc(CCc2nncn2C(C)(C)C)cc1. The van der Waals surface area contributed by atoms with Gasteiger partial charge < -0.3 is 9.30 Å². The molecule has 0 atom stereocenters. The molecule has 19 heavy (non-hydrogen) atoms. The molecule has 4 heteroatoms. The molecule has 2 rings (SSSR count). The molecule has 0 aliphatic carbocycles. The molecule has 0 spiro atoms. The number of hydrogen-bond acceptors (Lipinski definition) is 3. The van der Waals surface area contributed by atoms with Gasteiger partial charge in [-0.3, -0.25) is 0 Å². The first kappa shape index (κ1) is 13.6. The standard InChI is InChI=1S/C15H21N3O/c1-15(2,3)18-11-16-17-14(18)10-7-12-5-8-13(19-4)9-6-12/h5-6,8-9,11H,7,10H2,1-4H3. The molecule has 0 saturated carbocycles. The van der Waals surface area contributed by atoms with Crippen molar-refractivity contribution in [3.8, 4) is 5.75 Å². The Morgan fingerprint density at radius 1 is 1.11 bits per heavy atom. The molecule has 1 aromatic heterocycles. The summed E-state index contributed by atoms with van der Waals surface area (Å²) >= 11 is 0. The summed E-state index contributed by atoms with van der Waals surface area (Å²) in [5.41, 5.74) is 1.31. The van der Waals surface area contributed by atoms with Crippen LogP contribution in [0.3, 0.4) is 0 Å². The Morgan fingerprint density at radius 3 is 2.37 bits per heavy atom. The number of methoxy groups -OCH3 is 1. The van der Waals surface area contributed by atoms with E-state index in [0.717, 1.165) is 24.4 Å². The first-order valence-corrected chi connectivity index (χ1v) is 6.53. The van der Waals surface area contributed by atoms with Crippen molar-refractivity contribution in [1.82, 2.24) is 14.8 Å². The summed E-state index contributed by atoms with van der Waals surface area (Å²) in [6, 6.07) is 8.17. The van der Waals surface area contributed by atoms with Gasteiger partial charge in [0.1, 0.15) is 17.9 Å². The smallest absolute Gasteiger partial charge is 0.133 e. The van der Waals surface area contributed by atoms with E-state index in [9.17, 15) is 0 Å². The fourth-order valence-electron chi connectivity index (χ4n) is 2.04. The maximum absolute atomic E-state index is 5.16. The van der Waals surface area contributed by atoms with E-state index in [1.807, 2.05) is 18.5 Å². The molecule has 0 radical (unpaired) electrons. The summed E-state index contributed by atoms with van der Waals surface area (Å²) in [5.74, 6) is 1.92. The van der Waals surface area contributed by atoms with Gasteiger partial charge in [-0.2, -0.15) is 0 Å². The third kappa shape index (κ3) is 3.34. The van der Waals surface area contributed by atoms with Gasteiger partial charge in [0, 0.05) is 12.0 Å². The zero-order valence-corrected chi connectivity index (χ0v) is 12.1. The second-order valence-electron chi connectivity index (χ2n) is 5.64. The zero-order valence-electron chi connectivity index (χ0n) is 12.1. The maximum Gasteiger partial charge on any atom is 0.133 e. The normalized spacial score (nSPS) is 11.6. The van der Waals surface area contributed by atoms with Crippen LogP contribution in [0.4, 0.5) is 0 Å². The Bertz CT molecular complexity index is 523. The lowest BCUT2D eigenvalue weighted by atomic mass is 10.1. The summed E-state index contributed by atoms with van der Waals surface area (Å²) in [7, 11) is 1.68.